The van der Waals surface area contributed by atoms with E-state index in [9.17, 15) is 4.79 Å². The molecule has 0 amide bonds. The van der Waals surface area contributed by atoms with Crippen LogP contribution in [-0.4, -0.2) is 31.8 Å². The molecule has 1 saturated heterocycles. The van der Waals surface area contributed by atoms with Crippen LogP contribution in [0.15, 0.2) is 30.3 Å². The number of ether oxygens (including phenoxy) is 2. The predicted molar refractivity (Wildman–Crippen MR) is 77.3 cm³/mol. The fraction of sp³-hybridized carbons (Fsp3) is 0.562. The van der Waals surface area contributed by atoms with Crippen molar-refractivity contribution in [3.63, 3.8) is 0 Å². The van der Waals surface area contributed by atoms with Crippen molar-refractivity contribution < 1.29 is 14.3 Å². The van der Waals surface area contributed by atoms with Crippen molar-refractivity contribution in [3.05, 3.63) is 35.9 Å². The Balaban J connectivity index is 2.00. The number of carbonyl (C=O) groups excluding carboxylic acids is 1. The molecule has 0 spiro atoms. The van der Waals surface area contributed by atoms with Crippen LogP contribution < -0.4 is 5.32 Å². The highest BCUT2D eigenvalue weighted by atomic mass is 16.5. The first-order valence-corrected chi connectivity index (χ1v) is 7.27. The monoisotopic (exact) mass is 277 g/mol. The first-order chi connectivity index (χ1) is 9.72. The Kier molecular flexibility index (Phi) is 5.56. The molecule has 0 radical (unpaired) electrons. The number of carbonyl (C=O) groups is 1. The third-order valence-corrected chi connectivity index (χ3v) is 3.71. The second kappa shape index (κ2) is 7.41. The Morgan fingerprint density at radius 1 is 1.45 bits per heavy atom. The van der Waals surface area contributed by atoms with Gasteiger partial charge in [-0.25, -0.2) is 0 Å². The van der Waals surface area contributed by atoms with Gasteiger partial charge >= 0.3 is 5.97 Å². The number of esters is 1. The molecule has 0 aliphatic carbocycles. The molecule has 20 heavy (non-hydrogen) atoms. The highest BCUT2D eigenvalue weighted by molar-refractivity contribution is 5.73. The van der Waals surface area contributed by atoms with Crippen molar-refractivity contribution in [2.45, 2.75) is 32.4 Å². The molecule has 1 aromatic carbocycles. The van der Waals surface area contributed by atoms with Gasteiger partial charge in [-0.05, 0) is 25.8 Å². The zero-order chi connectivity index (χ0) is 14.4. The summed E-state index contributed by atoms with van der Waals surface area (Å²) < 4.78 is 10.6. The quantitative estimate of drug-likeness (QED) is 0.839. The van der Waals surface area contributed by atoms with Gasteiger partial charge in [0.05, 0.1) is 19.1 Å². The molecule has 4 heteroatoms. The van der Waals surface area contributed by atoms with Crippen LogP contribution in [0.1, 0.15) is 31.9 Å². The van der Waals surface area contributed by atoms with Gasteiger partial charge < -0.3 is 14.8 Å². The van der Waals surface area contributed by atoms with Crippen LogP contribution in [0.2, 0.25) is 0 Å². The number of hydrogen-bond donors (Lipinski definition) is 1. The number of rotatable bonds is 5. The molecule has 1 aliphatic rings. The third-order valence-electron chi connectivity index (χ3n) is 3.71. The summed E-state index contributed by atoms with van der Waals surface area (Å²) in [6.45, 7) is 5.49. The molecule has 0 saturated carbocycles. The SMILES string of the molecule is CCOC(=O)[C@@H]1COCC[C@H]1N[C@@H](C)c1ccccc1. The van der Waals surface area contributed by atoms with Crippen LogP contribution in [0.3, 0.4) is 0 Å². The van der Waals surface area contributed by atoms with E-state index in [2.05, 4.69) is 24.4 Å². The lowest BCUT2D eigenvalue weighted by Gasteiger charge is -2.33. The molecule has 1 heterocycles. The van der Waals surface area contributed by atoms with E-state index in [1.165, 1.54) is 5.56 Å². The molecule has 0 unspecified atom stereocenters. The van der Waals surface area contributed by atoms with Gasteiger partial charge in [0.15, 0.2) is 0 Å². The van der Waals surface area contributed by atoms with Gasteiger partial charge in [0.1, 0.15) is 0 Å². The molecule has 4 nitrogen and oxygen atoms in total. The van der Waals surface area contributed by atoms with Crippen LogP contribution in [0, 0.1) is 5.92 Å². The van der Waals surface area contributed by atoms with Gasteiger partial charge in [0.2, 0.25) is 0 Å². The highest BCUT2D eigenvalue weighted by Gasteiger charge is 2.33. The minimum atomic E-state index is -0.213. The first-order valence-electron chi connectivity index (χ1n) is 7.27. The molecule has 1 aliphatic heterocycles. The molecule has 3 atom stereocenters. The lowest BCUT2D eigenvalue weighted by molar-refractivity contribution is -0.154. The van der Waals surface area contributed by atoms with E-state index in [1.807, 2.05) is 25.1 Å². The fourth-order valence-corrected chi connectivity index (χ4v) is 2.58. The van der Waals surface area contributed by atoms with Crippen molar-refractivity contribution in [1.82, 2.24) is 5.32 Å². The van der Waals surface area contributed by atoms with Gasteiger partial charge in [-0.15, -0.1) is 0 Å². The smallest absolute Gasteiger partial charge is 0.312 e. The van der Waals surface area contributed by atoms with E-state index in [-0.39, 0.29) is 24.0 Å². The Bertz CT molecular complexity index is 421. The van der Waals surface area contributed by atoms with Crippen molar-refractivity contribution in [2.75, 3.05) is 19.8 Å². The summed E-state index contributed by atoms with van der Waals surface area (Å²) in [6, 6.07) is 10.6. The summed E-state index contributed by atoms with van der Waals surface area (Å²) in [5.74, 6) is -0.375. The summed E-state index contributed by atoms with van der Waals surface area (Å²) >= 11 is 0. The summed E-state index contributed by atoms with van der Waals surface area (Å²) in [6.07, 6.45) is 0.834. The topological polar surface area (TPSA) is 47.6 Å². The molecule has 1 N–H and O–H groups in total. The molecule has 0 aromatic heterocycles. The zero-order valence-electron chi connectivity index (χ0n) is 12.2. The van der Waals surface area contributed by atoms with E-state index >= 15 is 0 Å². The maximum absolute atomic E-state index is 12.0. The van der Waals surface area contributed by atoms with Gasteiger partial charge in [0.25, 0.3) is 0 Å². The maximum Gasteiger partial charge on any atom is 0.312 e. The van der Waals surface area contributed by atoms with Crippen molar-refractivity contribution >= 4 is 5.97 Å². The predicted octanol–water partition coefficient (Wildman–Crippen LogP) is 2.31. The number of hydrogen-bond acceptors (Lipinski definition) is 4. The van der Waals surface area contributed by atoms with Crippen molar-refractivity contribution in [2.24, 2.45) is 5.92 Å². The van der Waals surface area contributed by atoms with E-state index < -0.39 is 0 Å². The second-order valence-corrected chi connectivity index (χ2v) is 5.13. The Morgan fingerprint density at radius 3 is 2.90 bits per heavy atom. The van der Waals surface area contributed by atoms with E-state index in [4.69, 9.17) is 9.47 Å². The minimum Gasteiger partial charge on any atom is -0.466 e. The van der Waals surface area contributed by atoms with E-state index in [1.54, 1.807) is 0 Å². The molecule has 2 rings (SSSR count). The normalized spacial score (nSPS) is 24.1. The third kappa shape index (κ3) is 3.81. The average molecular weight is 277 g/mol. The van der Waals surface area contributed by atoms with Gasteiger partial charge in [-0.3, -0.25) is 4.79 Å². The summed E-state index contributed by atoms with van der Waals surface area (Å²) in [7, 11) is 0. The van der Waals surface area contributed by atoms with Crippen molar-refractivity contribution in [1.29, 1.82) is 0 Å². The van der Waals surface area contributed by atoms with Crippen LogP contribution in [-0.2, 0) is 14.3 Å². The Morgan fingerprint density at radius 2 is 2.20 bits per heavy atom. The summed E-state index contributed by atoms with van der Waals surface area (Å²) in [4.78, 5) is 12.0. The number of nitrogens with one attached hydrogen (secondary N) is 1. The maximum atomic E-state index is 12.0. The average Bonchev–Trinajstić information content (AvgIpc) is 2.49. The standard InChI is InChI=1S/C16H23NO3/c1-3-20-16(18)14-11-19-10-9-15(14)17-12(2)13-7-5-4-6-8-13/h4-8,12,14-15,17H,3,9-11H2,1-2H3/t12-,14+,15+/m0/s1. The molecule has 110 valence electrons. The lowest BCUT2D eigenvalue weighted by Crippen LogP contribution is -2.47. The summed E-state index contributed by atoms with van der Waals surface area (Å²) in [5, 5.41) is 3.54. The second-order valence-electron chi connectivity index (χ2n) is 5.13. The Labute approximate surface area is 120 Å². The minimum absolute atomic E-state index is 0.109. The summed E-state index contributed by atoms with van der Waals surface area (Å²) in [5.41, 5.74) is 1.22. The van der Waals surface area contributed by atoms with Crippen LogP contribution in [0.4, 0.5) is 0 Å². The van der Waals surface area contributed by atoms with Gasteiger partial charge in [-0.1, -0.05) is 30.3 Å². The van der Waals surface area contributed by atoms with Crippen LogP contribution >= 0.6 is 0 Å². The van der Waals surface area contributed by atoms with Crippen molar-refractivity contribution in [3.8, 4) is 0 Å². The Hall–Kier alpha value is -1.39. The fourth-order valence-electron chi connectivity index (χ4n) is 2.58. The number of benzene rings is 1. The van der Waals surface area contributed by atoms with Crippen LogP contribution in [0.25, 0.3) is 0 Å². The van der Waals surface area contributed by atoms with Gasteiger partial charge in [-0.2, -0.15) is 0 Å². The van der Waals surface area contributed by atoms with Crippen LogP contribution in [0.5, 0.6) is 0 Å². The molecule has 1 aromatic rings. The first kappa shape index (κ1) is 15.0. The van der Waals surface area contributed by atoms with Gasteiger partial charge in [0, 0.05) is 18.7 Å². The lowest BCUT2D eigenvalue weighted by atomic mass is 9.94. The molecular weight excluding hydrogens is 254 g/mol. The molecule has 1 fully saturated rings. The largest absolute Gasteiger partial charge is 0.466 e. The van der Waals surface area contributed by atoms with E-state index in [0.29, 0.717) is 19.8 Å². The highest BCUT2D eigenvalue weighted by Crippen LogP contribution is 2.21. The molecule has 0 bridgehead atoms. The van der Waals surface area contributed by atoms with E-state index in [0.717, 1.165) is 6.42 Å². The zero-order valence-corrected chi connectivity index (χ0v) is 12.2. The molecular formula is C16H23NO3.